The van der Waals surface area contributed by atoms with Gasteiger partial charge >= 0.3 is 0 Å². The van der Waals surface area contributed by atoms with Crippen molar-refractivity contribution in [2.45, 2.75) is 25.5 Å². The molecule has 8 nitrogen and oxygen atoms in total. The van der Waals surface area contributed by atoms with Crippen LogP contribution < -0.4 is 4.74 Å². The van der Waals surface area contributed by atoms with E-state index in [2.05, 4.69) is 5.10 Å². The molecule has 1 fully saturated rings. The van der Waals surface area contributed by atoms with Crippen LogP contribution in [0.15, 0.2) is 42.5 Å². The molecule has 3 aromatic rings. The predicted molar refractivity (Wildman–Crippen MR) is 97.1 cm³/mol. The molecule has 1 aliphatic rings. The molecule has 8 heteroatoms. The fraction of sp³-hybridized carbons (Fsp3) is 0.263. The predicted octanol–water partition coefficient (Wildman–Crippen LogP) is 4.25. The first-order chi connectivity index (χ1) is 13.2. The van der Waals surface area contributed by atoms with Gasteiger partial charge in [0, 0.05) is 24.1 Å². The van der Waals surface area contributed by atoms with E-state index in [4.69, 9.17) is 9.47 Å². The van der Waals surface area contributed by atoms with E-state index in [9.17, 15) is 14.9 Å². The summed E-state index contributed by atoms with van der Waals surface area (Å²) in [4.78, 5) is 21.7. The maximum atomic E-state index is 11.5. The van der Waals surface area contributed by atoms with Gasteiger partial charge in [0.05, 0.1) is 10.4 Å². The zero-order chi connectivity index (χ0) is 18.8. The van der Waals surface area contributed by atoms with E-state index in [0.717, 1.165) is 31.1 Å². The number of nitro benzene ring substituents is 1. The van der Waals surface area contributed by atoms with Crippen LogP contribution in [0, 0.1) is 10.1 Å². The molecule has 0 saturated carbocycles. The Bertz CT molecular complexity index is 990. The summed E-state index contributed by atoms with van der Waals surface area (Å²) in [5, 5.41) is 15.8. The number of fused-ring (bicyclic) bond motifs is 1. The molecule has 1 aromatic heterocycles. The Hall–Kier alpha value is -3.26. The summed E-state index contributed by atoms with van der Waals surface area (Å²) in [6.45, 7) is 0.684. The Morgan fingerprint density at radius 2 is 1.96 bits per heavy atom. The van der Waals surface area contributed by atoms with Crippen LogP contribution in [0.2, 0.25) is 0 Å². The van der Waals surface area contributed by atoms with Crippen molar-refractivity contribution in [3.8, 4) is 11.5 Å². The van der Waals surface area contributed by atoms with Crippen LogP contribution in [0.5, 0.6) is 11.5 Å². The van der Waals surface area contributed by atoms with Gasteiger partial charge in [0.15, 0.2) is 12.5 Å². The third-order valence-electron chi connectivity index (χ3n) is 4.53. The van der Waals surface area contributed by atoms with Crippen molar-refractivity contribution in [1.29, 1.82) is 0 Å². The lowest BCUT2D eigenvalue weighted by Gasteiger charge is -2.23. The van der Waals surface area contributed by atoms with Gasteiger partial charge in [-0.25, -0.2) is 4.68 Å². The first-order valence-electron chi connectivity index (χ1n) is 8.67. The Morgan fingerprint density at radius 1 is 1.19 bits per heavy atom. The minimum absolute atomic E-state index is 0.00481. The minimum Gasteiger partial charge on any atom is -0.457 e. The van der Waals surface area contributed by atoms with E-state index in [1.54, 1.807) is 16.8 Å². The summed E-state index contributed by atoms with van der Waals surface area (Å²) >= 11 is 0. The monoisotopic (exact) mass is 367 g/mol. The van der Waals surface area contributed by atoms with E-state index in [1.165, 1.54) is 24.3 Å². The Kier molecular flexibility index (Phi) is 4.55. The summed E-state index contributed by atoms with van der Waals surface area (Å²) in [5.41, 5.74) is 1.13. The molecule has 0 radical (unpaired) electrons. The number of rotatable bonds is 5. The third kappa shape index (κ3) is 3.39. The van der Waals surface area contributed by atoms with Gasteiger partial charge in [-0.15, -0.1) is 0 Å². The lowest BCUT2D eigenvalue weighted by atomic mass is 10.1. The second kappa shape index (κ2) is 7.16. The number of ether oxygens (including phenoxy) is 2. The number of nitro groups is 1. The van der Waals surface area contributed by atoms with Crippen molar-refractivity contribution in [3.63, 3.8) is 0 Å². The fourth-order valence-electron chi connectivity index (χ4n) is 3.20. The minimum atomic E-state index is -0.464. The second-order valence-corrected chi connectivity index (χ2v) is 6.30. The normalized spacial score (nSPS) is 17.0. The van der Waals surface area contributed by atoms with Gasteiger partial charge in [-0.2, -0.15) is 5.10 Å². The Labute approximate surface area is 154 Å². The molecule has 0 N–H and O–H groups in total. The molecule has 1 unspecified atom stereocenters. The SMILES string of the molecule is O=Cc1nn(C2CCCCO2)c2ccc(Oc3ccc([N+](=O)[O-])cc3)cc12. The Balaban J connectivity index is 1.65. The van der Waals surface area contributed by atoms with Gasteiger partial charge in [0.25, 0.3) is 5.69 Å². The van der Waals surface area contributed by atoms with Gasteiger partial charge in [-0.1, -0.05) is 0 Å². The maximum absolute atomic E-state index is 11.5. The third-order valence-corrected chi connectivity index (χ3v) is 4.53. The molecule has 27 heavy (non-hydrogen) atoms. The largest absolute Gasteiger partial charge is 0.457 e. The second-order valence-electron chi connectivity index (χ2n) is 6.30. The fourth-order valence-corrected chi connectivity index (χ4v) is 3.20. The lowest BCUT2D eigenvalue weighted by molar-refractivity contribution is -0.384. The molecule has 1 aliphatic heterocycles. The Morgan fingerprint density at radius 3 is 2.63 bits per heavy atom. The summed E-state index contributed by atoms with van der Waals surface area (Å²) in [6, 6.07) is 11.2. The molecular formula is C19H17N3O5. The highest BCUT2D eigenvalue weighted by Gasteiger charge is 2.21. The standard InChI is InChI=1S/C19H17N3O5/c23-12-17-16-11-15(27-14-6-4-13(5-7-14)22(24)25)8-9-18(16)21(20-17)19-3-1-2-10-26-19/h4-9,11-12,19H,1-3,10H2. The van der Waals surface area contributed by atoms with Crippen molar-refractivity contribution in [3.05, 3.63) is 58.3 Å². The molecule has 0 bridgehead atoms. The van der Waals surface area contributed by atoms with Crippen molar-refractivity contribution < 1.29 is 19.2 Å². The average molecular weight is 367 g/mol. The number of non-ortho nitro benzene ring substituents is 1. The number of benzene rings is 2. The smallest absolute Gasteiger partial charge is 0.269 e. The van der Waals surface area contributed by atoms with Gasteiger partial charge in [-0.3, -0.25) is 14.9 Å². The van der Waals surface area contributed by atoms with Crippen molar-refractivity contribution >= 4 is 22.9 Å². The van der Waals surface area contributed by atoms with Gasteiger partial charge in [-0.05, 0) is 49.6 Å². The number of aldehydes is 1. The first-order valence-corrected chi connectivity index (χ1v) is 8.67. The van der Waals surface area contributed by atoms with Crippen molar-refractivity contribution in [1.82, 2.24) is 9.78 Å². The molecule has 1 atom stereocenters. The quantitative estimate of drug-likeness (QED) is 0.380. The zero-order valence-corrected chi connectivity index (χ0v) is 14.4. The van der Waals surface area contributed by atoms with E-state index in [0.29, 0.717) is 29.2 Å². The molecule has 0 spiro atoms. The van der Waals surface area contributed by atoms with E-state index in [1.807, 2.05) is 6.07 Å². The van der Waals surface area contributed by atoms with E-state index >= 15 is 0 Å². The van der Waals surface area contributed by atoms with Gasteiger partial charge < -0.3 is 9.47 Å². The van der Waals surface area contributed by atoms with Crippen LogP contribution in [0.3, 0.4) is 0 Å². The molecule has 0 aliphatic carbocycles. The summed E-state index contributed by atoms with van der Waals surface area (Å²) in [6.07, 6.45) is 3.50. The van der Waals surface area contributed by atoms with Crippen molar-refractivity contribution in [2.75, 3.05) is 6.61 Å². The number of aromatic nitrogens is 2. The maximum Gasteiger partial charge on any atom is 0.269 e. The van der Waals surface area contributed by atoms with Crippen LogP contribution >= 0.6 is 0 Å². The highest BCUT2D eigenvalue weighted by atomic mass is 16.6. The number of carbonyl (C=O) groups excluding carboxylic acids is 1. The zero-order valence-electron chi connectivity index (χ0n) is 14.4. The van der Waals surface area contributed by atoms with Crippen LogP contribution in [-0.4, -0.2) is 27.6 Å². The van der Waals surface area contributed by atoms with Crippen molar-refractivity contribution in [2.24, 2.45) is 0 Å². The summed E-state index contributed by atoms with van der Waals surface area (Å²) in [5.74, 6) is 0.985. The van der Waals surface area contributed by atoms with Gasteiger partial charge in [0.1, 0.15) is 17.2 Å². The van der Waals surface area contributed by atoms with Gasteiger partial charge in [0.2, 0.25) is 0 Å². The molecule has 1 saturated heterocycles. The molecule has 2 aromatic carbocycles. The molecular weight excluding hydrogens is 350 g/mol. The highest BCUT2D eigenvalue weighted by molar-refractivity contribution is 5.96. The number of hydrogen-bond donors (Lipinski definition) is 0. The first kappa shape index (κ1) is 17.2. The molecule has 2 heterocycles. The van der Waals surface area contributed by atoms with E-state index < -0.39 is 4.92 Å². The lowest BCUT2D eigenvalue weighted by Crippen LogP contribution is -2.19. The number of nitrogens with zero attached hydrogens (tertiary/aromatic N) is 3. The van der Waals surface area contributed by atoms with Crippen LogP contribution in [0.25, 0.3) is 10.9 Å². The molecule has 0 amide bonds. The molecule has 4 rings (SSSR count). The summed E-state index contributed by atoms with van der Waals surface area (Å²) < 4.78 is 13.3. The average Bonchev–Trinajstić information content (AvgIpc) is 3.07. The molecule has 138 valence electrons. The number of hydrogen-bond acceptors (Lipinski definition) is 6. The van der Waals surface area contributed by atoms with Crippen LogP contribution in [0.1, 0.15) is 36.0 Å². The number of carbonyl (C=O) groups is 1. The highest BCUT2D eigenvalue weighted by Crippen LogP contribution is 2.31. The summed E-state index contributed by atoms with van der Waals surface area (Å²) in [7, 11) is 0. The topological polar surface area (TPSA) is 96.5 Å². The van der Waals surface area contributed by atoms with E-state index in [-0.39, 0.29) is 11.9 Å². The van der Waals surface area contributed by atoms with Crippen LogP contribution in [0.4, 0.5) is 5.69 Å². The van der Waals surface area contributed by atoms with Crippen LogP contribution in [-0.2, 0) is 4.74 Å².